The van der Waals surface area contributed by atoms with Crippen molar-refractivity contribution in [1.82, 2.24) is 0 Å². The van der Waals surface area contributed by atoms with Gasteiger partial charge in [-0.25, -0.2) is 9.59 Å². The number of carbonyl (C=O) groups excluding carboxylic acids is 4. The van der Waals surface area contributed by atoms with Crippen LogP contribution in [0, 0.1) is 11.8 Å². The summed E-state index contributed by atoms with van der Waals surface area (Å²) in [7, 11) is 2.12. The van der Waals surface area contributed by atoms with E-state index in [-0.39, 0.29) is 34.6 Å². The monoisotopic (exact) mass is 1070 g/mol. The van der Waals surface area contributed by atoms with E-state index in [0.29, 0.717) is 6.42 Å². The molecule has 3 fully saturated rings. The second kappa shape index (κ2) is 26.7. The lowest BCUT2D eigenvalue weighted by Gasteiger charge is -2.43. The van der Waals surface area contributed by atoms with Gasteiger partial charge in [0.25, 0.3) is 0 Å². The van der Waals surface area contributed by atoms with E-state index in [1.54, 1.807) is 12.1 Å². The fourth-order valence-electron chi connectivity index (χ4n) is 8.88. The fraction of sp³-hybridized carbons (Fsp3) is 0.625. The van der Waals surface area contributed by atoms with Gasteiger partial charge in [0.05, 0.1) is 70.6 Å². The summed E-state index contributed by atoms with van der Waals surface area (Å²) in [5.41, 5.74) is 0.395. The van der Waals surface area contributed by atoms with Gasteiger partial charge in [-0.2, -0.15) is 0 Å². The van der Waals surface area contributed by atoms with E-state index in [9.17, 15) is 75.3 Å². The molecule has 418 valence electrons. The third-order valence-corrected chi connectivity index (χ3v) is 13.1. The topological polar surface area (TPSA) is 402 Å². The molecule has 27 nitrogen and oxygen atoms in total. The van der Waals surface area contributed by atoms with E-state index >= 15 is 0 Å². The molecule has 0 radical (unpaired) electrons. The Morgan fingerprint density at radius 3 is 1.57 bits per heavy atom. The molecule has 5 aliphatic rings. The Labute approximate surface area is 428 Å². The minimum Gasteiger partial charge on any atom is -0.508 e. The largest absolute Gasteiger partial charge is 0.508 e. The average molecular weight is 1070 g/mol. The third-order valence-electron chi connectivity index (χ3n) is 13.1. The van der Waals surface area contributed by atoms with Crippen LogP contribution >= 0.6 is 0 Å². The van der Waals surface area contributed by atoms with E-state index in [1.165, 1.54) is 38.1 Å². The molecule has 75 heavy (non-hydrogen) atoms. The molecular weight excluding hydrogens is 1010 g/mol. The molecule has 19 atom stereocenters. The summed E-state index contributed by atoms with van der Waals surface area (Å²) < 4.78 is 66.8. The fourth-order valence-corrected chi connectivity index (χ4v) is 8.88. The maximum atomic E-state index is 14.0. The second-order valence-electron chi connectivity index (χ2n) is 17.8. The molecule has 27 heteroatoms. The molecule has 0 saturated carbocycles. The van der Waals surface area contributed by atoms with Gasteiger partial charge in [-0.1, -0.05) is 24.3 Å². The van der Waals surface area contributed by atoms with Crippen molar-refractivity contribution in [3.8, 4) is 5.75 Å². The standard InChI is InChI=1S/C48H64O27/c1-5-22-24(13-31(52)67-19-30-35(56)37(58)39(60)46(72-30)66-12-11-20-7-9-21(51)10-8-20)26(42(62)64-3)17-69-45(22)75-48-41(38(59)34(55)29(16-50)71-48)73-32(53)14-25-23(6-2)44(68-18-27(25)43(63)65-4)74-47-40(61)36(57)33(54)28(15-49)70-47/h5-10,17-18,24-25,28-30,33-41,44-51,54-61H,11-16,19H2,1-4H3/b22-5+,23-6+/t24-,25-,28+,29+,30+,33+,34+,35+,36-,37-,38-,39+,40+,41+,44-,45-,46+,47-,48-/m0/s1. The van der Waals surface area contributed by atoms with Crippen molar-refractivity contribution < 1.29 is 132 Å². The van der Waals surface area contributed by atoms with Crippen molar-refractivity contribution >= 4 is 23.9 Å². The molecule has 0 unspecified atom stereocenters. The zero-order valence-corrected chi connectivity index (χ0v) is 41.0. The van der Waals surface area contributed by atoms with Gasteiger partial charge < -0.3 is 113 Å². The van der Waals surface area contributed by atoms with Crippen LogP contribution in [0.3, 0.4) is 0 Å². The molecule has 6 rings (SSSR count). The van der Waals surface area contributed by atoms with E-state index in [4.69, 9.17) is 56.8 Å². The van der Waals surface area contributed by atoms with Crippen molar-refractivity contribution in [1.29, 1.82) is 0 Å². The van der Waals surface area contributed by atoms with Crippen molar-refractivity contribution in [2.45, 2.75) is 138 Å². The second-order valence-corrected chi connectivity index (χ2v) is 17.8. The van der Waals surface area contributed by atoms with Crippen molar-refractivity contribution in [2.24, 2.45) is 11.8 Å². The molecule has 5 heterocycles. The number of esters is 4. The minimum atomic E-state index is -2.04. The van der Waals surface area contributed by atoms with Crippen LogP contribution in [0.4, 0.5) is 0 Å². The van der Waals surface area contributed by atoms with Gasteiger partial charge in [0.15, 0.2) is 18.7 Å². The quantitative estimate of drug-likeness (QED) is 0.0360. The van der Waals surface area contributed by atoms with Crippen LogP contribution in [-0.2, 0) is 82.4 Å². The average Bonchev–Trinajstić information content (AvgIpc) is 3.40. The molecule has 3 saturated heterocycles. The number of phenols is 1. The Hall–Kier alpha value is -5.18. The number of methoxy groups -OCH3 is 2. The van der Waals surface area contributed by atoms with E-state index in [1.807, 2.05) is 0 Å². The van der Waals surface area contributed by atoms with Gasteiger partial charge in [-0.05, 0) is 38.0 Å². The number of benzene rings is 1. The lowest BCUT2D eigenvalue weighted by Crippen LogP contribution is -2.61. The Morgan fingerprint density at radius 2 is 1.05 bits per heavy atom. The summed E-state index contributed by atoms with van der Waals surface area (Å²) in [5.74, 6) is -6.58. The summed E-state index contributed by atoms with van der Waals surface area (Å²) >= 11 is 0. The van der Waals surface area contributed by atoms with Crippen LogP contribution in [0.5, 0.6) is 5.75 Å². The van der Waals surface area contributed by atoms with Crippen LogP contribution in [-0.4, -0.2) is 225 Å². The van der Waals surface area contributed by atoms with Crippen LogP contribution in [0.2, 0.25) is 0 Å². The highest BCUT2D eigenvalue weighted by atomic mass is 16.8. The SMILES string of the molecule is C/C=C1/[C@H](O[C@@H]2O[C@H](CO)[C@@H](O)[C@H](O)[C@H]2O)OC=C(C(=O)OC)[C@H]1CC(=O)O[C@H]1[C@H](O[C@@H]2OC=C(C(=O)OC)[C@@H](CC(=O)OC[C@H]3O[C@@H](OCCc4ccc(O)cc4)[C@H](O)[C@@H](O)[C@@H]3O)/C2=C\C)O[C@H](CO)[C@@H](O)[C@@H]1O. The van der Waals surface area contributed by atoms with Gasteiger partial charge in [0.1, 0.15) is 79.5 Å². The number of aliphatic hydroxyl groups is 10. The molecule has 0 aromatic heterocycles. The first-order valence-electron chi connectivity index (χ1n) is 23.7. The van der Waals surface area contributed by atoms with Crippen LogP contribution < -0.4 is 0 Å². The molecule has 0 aliphatic carbocycles. The molecule has 1 aromatic rings. The number of phenolic OH excluding ortho intramolecular Hbond substituents is 1. The molecule has 1 aromatic carbocycles. The minimum absolute atomic E-state index is 0.0161. The predicted molar refractivity (Wildman–Crippen MR) is 243 cm³/mol. The van der Waals surface area contributed by atoms with Crippen LogP contribution in [0.1, 0.15) is 32.3 Å². The number of carbonyl (C=O) groups is 4. The van der Waals surface area contributed by atoms with Gasteiger partial charge >= 0.3 is 23.9 Å². The van der Waals surface area contributed by atoms with Gasteiger partial charge in [0, 0.05) is 23.0 Å². The van der Waals surface area contributed by atoms with E-state index in [2.05, 4.69) is 0 Å². The molecule has 0 spiro atoms. The molecular formula is C48H64O27. The third kappa shape index (κ3) is 13.7. The number of aromatic hydroxyl groups is 1. The van der Waals surface area contributed by atoms with Crippen molar-refractivity contribution in [2.75, 3.05) is 40.6 Å². The van der Waals surface area contributed by atoms with Crippen molar-refractivity contribution in [3.63, 3.8) is 0 Å². The van der Waals surface area contributed by atoms with Crippen LogP contribution in [0.15, 0.2) is 71.2 Å². The number of aliphatic hydroxyl groups excluding tert-OH is 10. The maximum absolute atomic E-state index is 14.0. The number of hydrogen-bond donors (Lipinski definition) is 11. The lowest BCUT2D eigenvalue weighted by atomic mass is 9.86. The smallest absolute Gasteiger partial charge is 0.337 e. The zero-order chi connectivity index (χ0) is 54.8. The summed E-state index contributed by atoms with van der Waals surface area (Å²) in [5, 5.41) is 115. The zero-order valence-electron chi connectivity index (χ0n) is 41.0. The van der Waals surface area contributed by atoms with E-state index in [0.717, 1.165) is 32.3 Å². The first kappa shape index (κ1) is 59.1. The summed E-state index contributed by atoms with van der Waals surface area (Å²) in [6.45, 7) is 0.602. The summed E-state index contributed by atoms with van der Waals surface area (Å²) in [4.78, 5) is 53.7. The first-order valence-corrected chi connectivity index (χ1v) is 23.7. The lowest BCUT2D eigenvalue weighted by molar-refractivity contribution is -0.330. The number of ether oxygens (including phenoxy) is 12. The molecule has 5 aliphatic heterocycles. The number of allylic oxidation sites excluding steroid dienone is 2. The normalized spacial score (nSPS) is 37.1. The highest BCUT2D eigenvalue weighted by Crippen LogP contribution is 2.39. The first-order chi connectivity index (χ1) is 35.8. The summed E-state index contributed by atoms with van der Waals surface area (Å²) in [6, 6.07) is 6.25. The van der Waals surface area contributed by atoms with Gasteiger partial charge in [-0.15, -0.1) is 0 Å². The molecule has 0 bridgehead atoms. The van der Waals surface area contributed by atoms with Crippen LogP contribution in [0.25, 0.3) is 0 Å². The molecule has 11 N–H and O–H groups in total. The number of rotatable bonds is 19. The highest BCUT2D eigenvalue weighted by Gasteiger charge is 2.52. The number of hydrogen-bond acceptors (Lipinski definition) is 27. The van der Waals surface area contributed by atoms with Gasteiger partial charge in [-0.3, -0.25) is 9.59 Å². The Balaban J connectivity index is 1.16. The highest BCUT2D eigenvalue weighted by molar-refractivity contribution is 5.91. The van der Waals surface area contributed by atoms with E-state index < -0.39 is 173 Å². The Morgan fingerprint density at radius 1 is 0.587 bits per heavy atom. The Bertz CT molecular complexity index is 2230. The summed E-state index contributed by atoms with van der Waals surface area (Å²) in [6.07, 6.45) is -25.6. The maximum Gasteiger partial charge on any atom is 0.337 e. The predicted octanol–water partition coefficient (Wildman–Crippen LogP) is -3.78. The van der Waals surface area contributed by atoms with Crippen molar-refractivity contribution in [3.05, 3.63) is 76.8 Å². The Kier molecular flexibility index (Phi) is 21.1. The molecule has 0 amide bonds. The van der Waals surface area contributed by atoms with Gasteiger partial charge in [0.2, 0.25) is 18.9 Å².